The topological polar surface area (TPSA) is 278 Å². The van der Waals surface area contributed by atoms with Crippen molar-refractivity contribution in [3.63, 3.8) is 0 Å². The van der Waals surface area contributed by atoms with Gasteiger partial charge in [0.25, 0.3) is 11.8 Å². The van der Waals surface area contributed by atoms with Crippen LogP contribution in [0.25, 0.3) is 6.08 Å². The Bertz CT molecular complexity index is 2290. The zero-order valence-corrected chi connectivity index (χ0v) is 33.9. The molecule has 0 radical (unpaired) electrons. The molecule has 0 fully saturated rings. The highest BCUT2D eigenvalue weighted by molar-refractivity contribution is 6.11. The van der Waals surface area contributed by atoms with Crippen LogP contribution in [0.3, 0.4) is 0 Å². The van der Waals surface area contributed by atoms with E-state index in [2.05, 4.69) is 15.6 Å². The quantitative estimate of drug-likeness (QED) is 0.0251. The first-order valence-electron chi connectivity index (χ1n) is 20.1. The lowest BCUT2D eigenvalue weighted by molar-refractivity contribution is -0.402. The number of aromatic hydroxyl groups is 4. The summed E-state index contributed by atoms with van der Waals surface area (Å²) < 4.78 is 5.18. The first-order valence-corrected chi connectivity index (χ1v) is 20.1. The number of nitrogens with zero attached hydrogens (tertiary/aromatic N) is 5. The van der Waals surface area contributed by atoms with Gasteiger partial charge in [0.2, 0.25) is 5.91 Å². The van der Waals surface area contributed by atoms with Crippen molar-refractivity contribution in [3.05, 3.63) is 106 Å². The molecule has 328 valence electrons. The van der Waals surface area contributed by atoms with Gasteiger partial charge in [0.1, 0.15) is 10.7 Å². The number of amides is 5. The molecule has 0 aliphatic carbocycles. The average molecular weight is 855 g/mol. The second kappa shape index (κ2) is 22.4. The largest absolute Gasteiger partial charge is 0.504 e. The van der Waals surface area contributed by atoms with E-state index in [0.29, 0.717) is 75.5 Å². The summed E-state index contributed by atoms with van der Waals surface area (Å²) in [6, 6.07) is 17.4. The maximum atomic E-state index is 13.6. The highest BCUT2D eigenvalue weighted by Crippen LogP contribution is 2.33. The maximum Gasteiger partial charge on any atom is 0.433 e. The second-order valence-corrected chi connectivity index (χ2v) is 14.2. The first-order chi connectivity index (χ1) is 29.9. The van der Waals surface area contributed by atoms with E-state index in [-0.39, 0.29) is 55.1 Å². The summed E-state index contributed by atoms with van der Waals surface area (Å²) in [7, 11) is 0. The number of fused-ring (bicyclic) bond motifs is 1. The Kier molecular flexibility index (Phi) is 16.5. The van der Waals surface area contributed by atoms with Gasteiger partial charge in [-0.25, -0.2) is 9.79 Å². The molecule has 19 nitrogen and oxygen atoms in total. The SMILES string of the molecule is NCCCN(CCCCNCCCN(C(=O)CCCNC(=O)N1CC(/C=C/c2ccc([N+](=O)[O-])o2)=Nc2ccccc21)C(=O)c1cccc(O)c1O)C(=O)c1cccc(O)c1O. The van der Waals surface area contributed by atoms with Gasteiger partial charge in [-0.3, -0.25) is 34.3 Å². The van der Waals surface area contributed by atoms with E-state index in [4.69, 9.17) is 10.2 Å². The van der Waals surface area contributed by atoms with Crippen LogP contribution in [-0.2, 0) is 4.79 Å². The van der Waals surface area contributed by atoms with Crippen LogP contribution < -0.4 is 21.3 Å². The smallest absolute Gasteiger partial charge is 0.433 e. The van der Waals surface area contributed by atoms with Crippen molar-refractivity contribution in [2.24, 2.45) is 10.7 Å². The Morgan fingerprint density at radius 1 is 0.790 bits per heavy atom. The van der Waals surface area contributed by atoms with Crippen LogP contribution in [0.4, 0.5) is 22.1 Å². The molecule has 5 amide bonds. The Balaban J connectivity index is 1.11. The third kappa shape index (κ3) is 12.2. The average Bonchev–Trinajstić information content (AvgIpc) is 3.76. The lowest BCUT2D eigenvalue weighted by Gasteiger charge is -2.28. The number of carbonyl (C=O) groups is 4. The van der Waals surface area contributed by atoms with Crippen molar-refractivity contribution < 1.29 is 48.9 Å². The number of rotatable bonds is 21. The Hall–Kier alpha value is -7.25. The van der Waals surface area contributed by atoms with Gasteiger partial charge in [-0.2, -0.15) is 0 Å². The number of nitro groups is 1. The van der Waals surface area contributed by atoms with Crippen molar-refractivity contribution in [2.45, 2.75) is 38.5 Å². The van der Waals surface area contributed by atoms with Crippen LogP contribution in [0.15, 0.2) is 88.3 Å². The summed E-state index contributed by atoms with van der Waals surface area (Å²) in [5, 5.41) is 57.6. The number of phenolic OH excluding ortho intramolecular Hbond substituents is 4. The number of anilines is 1. The predicted molar refractivity (Wildman–Crippen MR) is 230 cm³/mol. The van der Waals surface area contributed by atoms with E-state index in [1.165, 1.54) is 59.5 Å². The number of imide groups is 1. The van der Waals surface area contributed by atoms with E-state index >= 15 is 0 Å². The fourth-order valence-electron chi connectivity index (χ4n) is 6.57. The van der Waals surface area contributed by atoms with Crippen molar-refractivity contribution >= 4 is 52.8 Å². The molecular weight excluding hydrogens is 805 g/mol. The zero-order chi connectivity index (χ0) is 44.6. The van der Waals surface area contributed by atoms with Gasteiger partial charge in [0, 0.05) is 32.6 Å². The molecule has 2 heterocycles. The van der Waals surface area contributed by atoms with Crippen molar-refractivity contribution in [1.82, 2.24) is 20.4 Å². The number of benzene rings is 3. The minimum absolute atomic E-state index is 0.00143. The molecule has 0 unspecified atom stereocenters. The van der Waals surface area contributed by atoms with Gasteiger partial charge in [0.05, 0.1) is 40.8 Å². The maximum absolute atomic E-state index is 13.6. The lowest BCUT2D eigenvalue weighted by Crippen LogP contribution is -2.44. The number of furan rings is 1. The summed E-state index contributed by atoms with van der Waals surface area (Å²) in [6.45, 7) is 2.27. The molecule has 0 spiro atoms. The Labute approximate surface area is 356 Å². The number of aliphatic imine (C=N–C) groups is 1. The molecule has 4 aromatic rings. The van der Waals surface area contributed by atoms with Crippen LogP contribution >= 0.6 is 0 Å². The van der Waals surface area contributed by atoms with E-state index in [9.17, 15) is 49.7 Å². The number of hydrogen-bond acceptors (Lipinski definition) is 14. The first kappa shape index (κ1) is 45.8. The van der Waals surface area contributed by atoms with Gasteiger partial charge in [-0.15, -0.1) is 0 Å². The van der Waals surface area contributed by atoms with Crippen LogP contribution in [-0.4, -0.2) is 117 Å². The molecule has 19 heteroatoms. The monoisotopic (exact) mass is 854 g/mol. The number of nitrogens with two attached hydrogens (primary N) is 1. The molecule has 1 aliphatic rings. The number of hydrogen-bond donors (Lipinski definition) is 7. The normalized spacial score (nSPS) is 12.1. The summed E-state index contributed by atoms with van der Waals surface area (Å²) in [6.07, 6.45) is 5.37. The fourth-order valence-corrected chi connectivity index (χ4v) is 6.57. The van der Waals surface area contributed by atoms with Gasteiger partial charge in [-0.1, -0.05) is 24.3 Å². The lowest BCUT2D eigenvalue weighted by atomic mass is 10.1. The van der Waals surface area contributed by atoms with Crippen molar-refractivity contribution in [3.8, 4) is 23.0 Å². The molecule has 0 saturated heterocycles. The van der Waals surface area contributed by atoms with Gasteiger partial charge in [-0.05, 0) is 106 Å². The number of nitrogens with one attached hydrogen (secondary N) is 2. The number of para-hydroxylation sites is 4. The number of carbonyl (C=O) groups excluding carboxylic acids is 4. The third-order valence-corrected chi connectivity index (χ3v) is 9.80. The molecular formula is C43H50N8O11. The van der Waals surface area contributed by atoms with E-state index in [1.54, 1.807) is 35.2 Å². The van der Waals surface area contributed by atoms with Gasteiger partial charge < -0.3 is 46.1 Å². The summed E-state index contributed by atoms with van der Waals surface area (Å²) in [5.74, 6) is -3.94. The van der Waals surface area contributed by atoms with E-state index in [1.807, 2.05) is 0 Å². The van der Waals surface area contributed by atoms with Crippen LogP contribution in [0.2, 0.25) is 0 Å². The molecule has 8 N–H and O–H groups in total. The molecule has 0 saturated carbocycles. The number of urea groups is 1. The summed E-state index contributed by atoms with van der Waals surface area (Å²) >= 11 is 0. The minimum Gasteiger partial charge on any atom is -0.504 e. The predicted octanol–water partition coefficient (Wildman–Crippen LogP) is 5.03. The van der Waals surface area contributed by atoms with E-state index in [0.717, 1.165) is 4.90 Å². The van der Waals surface area contributed by atoms with Crippen LogP contribution in [0.1, 0.15) is 65.0 Å². The summed E-state index contributed by atoms with van der Waals surface area (Å²) in [5.41, 5.74) is 6.98. The molecule has 0 bridgehead atoms. The van der Waals surface area contributed by atoms with Crippen LogP contribution in [0, 0.1) is 10.1 Å². The highest BCUT2D eigenvalue weighted by Gasteiger charge is 2.27. The molecule has 1 aromatic heterocycles. The zero-order valence-electron chi connectivity index (χ0n) is 33.9. The number of unbranched alkanes of at least 4 members (excludes halogenated alkanes) is 1. The molecule has 62 heavy (non-hydrogen) atoms. The standard InChI is InChI=1S/C43H50N8O11/c44-21-8-26-48(41(57)31-10-5-14-35(52)39(31)55)25-4-3-22-45-23-9-27-49(42(58)32-11-6-15-36(53)40(32)56)37(54)16-7-24-46-43(59)50-28-29(47-33-12-1-2-13-34(33)50)17-18-30-19-20-38(62-30)51(60)61/h1-2,5-6,10-15,17-20,45,52-53,55-56H,3-4,7-9,16,21-28,44H2,(H,46,59)/b18-17+. The highest BCUT2D eigenvalue weighted by atomic mass is 16.6. The molecule has 0 atom stereocenters. The molecule has 1 aliphatic heterocycles. The summed E-state index contributed by atoms with van der Waals surface area (Å²) in [4.78, 5) is 72.7. The van der Waals surface area contributed by atoms with Gasteiger partial charge in [0.15, 0.2) is 23.0 Å². The van der Waals surface area contributed by atoms with Gasteiger partial charge >= 0.3 is 11.9 Å². The fraction of sp³-hybridized carbons (Fsp3) is 0.326. The van der Waals surface area contributed by atoms with Crippen LogP contribution in [0.5, 0.6) is 23.0 Å². The Morgan fingerprint density at radius 2 is 1.47 bits per heavy atom. The Morgan fingerprint density at radius 3 is 2.16 bits per heavy atom. The van der Waals surface area contributed by atoms with Crippen molar-refractivity contribution in [1.29, 1.82) is 0 Å². The second-order valence-electron chi connectivity index (χ2n) is 14.2. The number of phenols is 4. The molecule has 3 aromatic carbocycles. The van der Waals surface area contributed by atoms with E-state index < -0.39 is 51.8 Å². The minimum atomic E-state index is -0.790. The molecule has 5 rings (SSSR count). The van der Waals surface area contributed by atoms with Crippen molar-refractivity contribution in [2.75, 3.05) is 57.3 Å². The third-order valence-electron chi connectivity index (χ3n) is 9.80.